The minimum atomic E-state index is 0.542. The molecule has 0 saturated carbocycles. The number of pyridine rings is 1. The van der Waals surface area contributed by atoms with Gasteiger partial charge in [0.15, 0.2) is 0 Å². The number of hydrogen-bond acceptors (Lipinski definition) is 3. The third-order valence-corrected chi connectivity index (χ3v) is 3.31. The average molecular weight is 190 g/mol. The van der Waals surface area contributed by atoms with Crippen LogP contribution in [-0.4, -0.2) is 18.1 Å². The first-order valence-electron chi connectivity index (χ1n) is 5.16. The Kier molecular flexibility index (Phi) is 1.74. The molecule has 1 saturated heterocycles. The van der Waals surface area contributed by atoms with Crippen LogP contribution in [0.15, 0.2) is 12.3 Å². The van der Waals surface area contributed by atoms with E-state index in [2.05, 4.69) is 16.4 Å². The number of aromatic nitrogens is 1. The summed E-state index contributed by atoms with van der Waals surface area (Å²) in [5, 5.41) is 3.61. The van der Waals surface area contributed by atoms with Gasteiger partial charge < -0.3 is 10.1 Å². The molecule has 1 aromatic heterocycles. The van der Waals surface area contributed by atoms with Gasteiger partial charge in [0, 0.05) is 23.8 Å². The van der Waals surface area contributed by atoms with E-state index >= 15 is 0 Å². The Labute approximate surface area is 83.5 Å². The third-order valence-electron chi connectivity index (χ3n) is 3.31. The molecule has 2 atom stereocenters. The first-order chi connectivity index (χ1) is 6.88. The van der Waals surface area contributed by atoms with Crippen molar-refractivity contribution in [2.24, 2.45) is 0 Å². The van der Waals surface area contributed by atoms with Crippen molar-refractivity contribution in [1.29, 1.82) is 0 Å². The Morgan fingerprint density at radius 3 is 3.29 bits per heavy atom. The summed E-state index contributed by atoms with van der Waals surface area (Å²) in [6.07, 6.45) is 5.45. The van der Waals surface area contributed by atoms with Crippen LogP contribution in [0.4, 0.5) is 0 Å². The largest absolute Gasteiger partial charge is 0.481 e. The molecule has 1 N–H and O–H groups in total. The van der Waals surface area contributed by atoms with E-state index in [4.69, 9.17) is 4.74 Å². The normalized spacial score (nSPS) is 28.6. The van der Waals surface area contributed by atoms with Crippen molar-refractivity contribution in [3.8, 4) is 5.88 Å². The fourth-order valence-electron chi connectivity index (χ4n) is 2.67. The van der Waals surface area contributed by atoms with Crippen LogP contribution >= 0.6 is 0 Å². The molecule has 0 amide bonds. The highest BCUT2D eigenvalue weighted by atomic mass is 16.5. The highest BCUT2D eigenvalue weighted by Gasteiger charge is 2.33. The predicted octanol–water partition coefficient (Wildman–Crippen LogP) is 1.44. The monoisotopic (exact) mass is 190 g/mol. The molecule has 3 rings (SSSR count). The molecule has 0 unspecified atom stereocenters. The molecule has 0 aliphatic carbocycles. The van der Waals surface area contributed by atoms with E-state index in [1.54, 1.807) is 7.11 Å². The quantitative estimate of drug-likeness (QED) is 0.727. The van der Waals surface area contributed by atoms with Crippen LogP contribution in [0.25, 0.3) is 0 Å². The summed E-state index contributed by atoms with van der Waals surface area (Å²) in [6, 6.07) is 3.31. The number of nitrogens with one attached hydrogen (secondary N) is 1. The van der Waals surface area contributed by atoms with Crippen LogP contribution in [0.3, 0.4) is 0 Å². The van der Waals surface area contributed by atoms with Crippen molar-refractivity contribution in [2.45, 2.75) is 31.3 Å². The summed E-state index contributed by atoms with van der Waals surface area (Å²) in [7, 11) is 1.70. The van der Waals surface area contributed by atoms with Crippen LogP contribution in [0, 0.1) is 0 Å². The predicted molar refractivity (Wildman–Crippen MR) is 53.4 cm³/mol. The summed E-state index contributed by atoms with van der Waals surface area (Å²) in [4.78, 5) is 4.26. The molecule has 2 bridgehead atoms. The standard InChI is InChI=1S/C11H14N2O/c1-14-11-9-6-7-2-3-10(13-7)8(9)4-5-12-11/h4-5,7,10,13H,2-3,6H2,1H3/t7-,10+/m0/s1. The van der Waals surface area contributed by atoms with Crippen molar-refractivity contribution in [3.05, 3.63) is 23.4 Å². The van der Waals surface area contributed by atoms with Crippen LogP contribution in [-0.2, 0) is 6.42 Å². The molecule has 0 aromatic carbocycles. The molecular weight excluding hydrogens is 176 g/mol. The molecular formula is C11H14N2O. The summed E-state index contributed by atoms with van der Waals surface area (Å²) in [6.45, 7) is 0. The lowest BCUT2D eigenvalue weighted by Crippen LogP contribution is -2.32. The van der Waals surface area contributed by atoms with Crippen molar-refractivity contribution in [3.63, 3.8) is 0 Å². The molecule has 3 heterocycles. The van der Waals surface area contributed by atoms with Gasteiger partial charge in [-0.15, -0.1) is 0 Å². The van der Waals surface area contributed by atoms with E-state index in [0.717, 1.165) is 12.3 Å². The number of fused-ring (bicyclic) bond motifs is 4. The highest BCUT2D eigenvalue weighted by molar-refractivity contribution is 5.40. The van der Waals surface area contributed by atoms with E-state index in [1.165, 1.54) is 24.0 Å². The number of nitrogens with zero attached hydrogens (tertiary/aromatic N) is 1. The molecule has 14 heavy (non-hydrogen) atoms. The van der Waals surface area contributed by atoms with E-state index in [9.17, 15) is 0 Å². The molecule has 3 nitrogen and oxygen atoms in total. The fraction of sp³-hybridized carbons (Fsp3) is 0.545. The topological polar surface area (TPSA) is 34.1 Å². The van der Waals surface area contributed by atoms with Crippen molar-refractivity contribution in [1.82, 2.24) is 10.3 Å². The summed E-state index contributed by atoms with van der Waals surface area (Å²) in [5.41, 5.74) is 2.71. The zero-order valence-electron chi connectivity index (χ0n) is 8.29. The van der Waals surface area contributed by atoms with Gasteiger partial charge in [0.1, 0.15) is 0 Å². The Balaban J connectivity index is 2.12. The Morgan fingerprint density at radius 1 is 1.50 bits per heavy atom. The van der Waals surface area contributed by atoms with Gasteiger partial charge in [-0.25, -0.2) is 4.98 Å². The average Bonchev–Trinajstić information content (AvgIpc) is 2.61. The van der Waals surface area contributed by atoms with E-state index in [-0.39, 0.29) is 0 Å². The van der Waals surface area contributed by atoms with Crippen molar-refractivity contribution in [2.75, 3.05) is 7.11 Å². The molecule has 2 aliphatic rings. The Morgan fingerprint density at radius 2 is 2.43 bits per heavy atom. The zero-order valence-corrected chi connectivity index (χ0v) is 8.29. The van der Waals surface area contributed by atoms with Gasteiger partial charge in [-0.3, -0.25) is 0 Å². The summed E-state index contributed by atoms with van der Waals surface area (Å²) < 4.78 is 5.30. The third kappa shape index (κ3) is 1.05. The summed E-state index contributed by atoms with van der Waals surface area (Å²) in [5.74, 6) is 0.820. The maximum absolute atomic E-state index is 5.30. The Hall–Kier alpha value is -1.09. The number of hydrogen-bond donors (Lipinski definition) is 1. The van der Waals surface area contributed by atoms with Crippen molar-refractivity contribution < 1.29 is 4.74 Å². The maximum Gasteiger partial charge on any atom is 0.216 e. The second-order valence-electron chi connectivity index (χ2n) is 4.09. The maximum atomic E-state index is 5.30. The van der Waals surface area contributed by atoms with E-state index < -0.39 is 0 Å². The molecule has 1 fully saturated rings. The van der Waals surface area contributed by atoms with Gasteiger partial charge in [0.25, 0.3) is 0 Å². The van der Waals surface area contributed by atoms with E-state index in [1.807, 2.05) is 6.20 Å². The van der Waals surface area contributed by atoms with Crippen LogP contribution in [0.2, 0.25) is 0 Å². The number of ether oxygens (including phenoxy) is 1. The van der Waals surface area contributed by atoms with Crippen LogP contribution in [0.1, 0.15) is 30.0 Å². The summed E-state index contributed by atoms with van der Waals surface area (Å²) >= 11 is 0. The van der Waals surface area contributed by atoms with Gasteiger partial charge in [-0.05, 0) is 30.9 Å². The van der Waals surface area contributed by atoms with Gasteiger partial charge in [-0.1, -0.05) is 0 Å². The highest BCUT2D eigenvalue weighted by Crippen LogP contribution is 2.38. The molecule has 74 valence electrons. The van der Waals surface area contributed by atoms with Gasteiger partial charge in [-0.2, -0.15) is 0 Å². The van der Waals surface area contributed by atoms with Crippen molar-refractivity contribution >= 4 is 0 Å². The fourth-order valence-corrected chi connectivity index (χ4v) is 2.67. The minimum Gasteiger partial charge on any atom is -0.481 e. The lowest BCUT2D eigenvalue weighted by Gasteiger charge is -2.25. The lowest BCUT2D eigenvalue weighted by molar-refractivity contribution is 0.383. The zero-order chi connectivity index (χ0) is 9.54. The molecule has 0 radical (unpaired) electrons. The SMILES string of the molecule is COc1nccc2c1C[C@@H]1CC[C@H]2N1. The first kappa shape index (κ1) is 8.24. The van der Waals surface area contributed by atoms with E-state index in [0.29, 0.717) is 12.1 Å². The number of rotatable bonds is 1. The number of methoxy groups -OCH3 is 1. The lowest BCUT2D eigenvalue weighted by atomic mass is 9.97. The Bertz CT molecular complexity index is 364. The second-order valence-corrected chi connectivity index (χ2v) is 4.09. The van der Waals surface area contributed by atoms with Gasteiger partial charge in [0.2, 0.25) is 5.88 Å². The second kappa shape index (κ2) is 2.95. The van der Waals surface area contributed by atoms with Crippen LogP contribution < -0.4 is 10.1 Å². The minimum absolute atomic E-state index is 0.542. The first-order valence-corrected chi connectivity index (χ1v) is 5.16. The molecule has 2 aliphatic heterocycles. The van der Waals surface area contributed by atoms with Gasteiger partial charge in [0.05, 0.1) is 7.11 Å². The molecule has 1 aromatic rings. The van der Waals surface area contributed by atoms with Gasteiger partial charge >= 0.3 is 0 Å². The smallest absolute Gasteiger partial charge is 0.216 e. The molecule has 0 spiro atoms. The van der Waals surface area contributed by atoms with Crippen LogP contribution in [0.5, 0.6) is 5.88 Å². The molecule has 3 heteroatoms.